The van der Waals surface area contributed by atoms with Crippen molar-refractivity contribution in [1.82, 2.24) is 4.90 Å². The number of hydrogen-bond acceptors (Lipinski definition) is 14. The normalized spacial score (nSPS) is 31.0. The van der Waals surface area contributed by atoms with Gasteiger partial charge >= 0.3 is 11.8 Å². The molecule has 0 aromatic heterocycles. The van der Waals surface area contributed by atoms with Crippen LogP contribution in [-0.4, -0.2) is 97.2 Å². The molecule has 0 radical (unpaired) electrons. The SMILES string of the molecule is CO[C@H]1/C=C/O[C@@]2(C)Oc3c(C)c(O)c4c(O)c(c(CN=[N+]5C=CN(C)C=C5)c(O)c4c3C2=O)NC(=O)/C(C)=C\C=C\[C@H](C)[C@H](O)[C@@H](C)[C@@H](O)[C@@H](C)[C@H](OC(C)=O)[C@@H]1C. The van der Waals surface area contributed by atoms with Crippen LogP contribution in [0.3, 0.4) is 0 Å². The van der Waals surface area contributed by atoms with E-state index in [1.54, 1.807) is 69.5 Å². The van der Waals surface area contributed by atoms with Gasteiger partial charge in [0.05, 0.1) is 53.6 Å². The van der Waals surface area contributed by atoms with Crippen molar-refractivity contribution in [3.63, 3.8) is 0 Å². The first-order valence-electron chi connectivity index (χ1n) is 19.3. The van der Waals surface area contributed by atoms with Gasteiger partial charge in [0, 0.05) is 73.8 Å². The molecule has 4 heterocycles. The number of nitrogens with one attached hydrogen (secondary N) is 1. The summed E-state index contributed by atoms with van der Waals surface area (Å²) in [6.45, 7) is 12.2. The van der Waals surface area contributed by atoms with Gasteiger partial charge in [-0.05, 0) is 25.0 Å². The van der Waals surface area contributed by atoms with E-state index >= 15 is 0 Å². The van der Waals surface area contributed by atoms with Gasteiger partial charge in [-0.15, -0.1) is 0 Å². The van der Waals surface area contributed by atoms with Crippen LogP contribution in [0.1, 0.15) is 70.0 Å². The molecule has 1 amide bonds. The van der Waals surface area contributed by atoms with E-state index in [1.165, 1.54) is 57.9 Å². The molecule has 0 unspecified atom stereocenters. The maximum atomic E-state index is 14.4. The lowest BCUT2D eigenvalue weighted by molar-refractivity contribution is -0.463. The average Bonchev–Trinajstić information content (AvgIpc) is 3.46. The predicted molar refractivity (Wildman–Crippen MR) is 216 cm³/mol. The second-order valence-corrected chi connectivity index (χ2v) is 15.6. The number of ketones is 1. The quantitative estimate of drug-likeness (QED) is 0.0958. The van der Waals surface area contributed by atoms with E-state index < -0.39 is 88.8 Å². The fourth-order valence-corrected chi connectivity index (χ4v) is 7.63. The Kier molecular flexibility index (Phi) is 13.3. The second-order valence-electron chi connectivity index (χ2n) is 15.6. The molecular formula is C43H55N4O12+. The Balaban J connectivity index is 1.71. The number of aromatic hydroxyl groups is 3. The number of phenols is 3. The van der Waals surface area contributed by atoms with Crippen molar-refractivity contribution in [2.75, 3.05) is 19.5 Å². The molecule has 0 fully saturated rings. The van der Waals surface area contributed by atoms with Crippen molar-refractivity contribution in [2.45, 2.75) is 92.1 Å². The Hall–Kier alpha value is -5.71. The van der Waals surface area contributed by atoms with Gasteiger partial charge in [0.15, 0.2) is 5.75 Å². The largest absolute Gasteiger partial charge is 0.507 e. The number of Topliss-reactive ketones (excluding diaryl/α,β-unsaturated/α-hetero) is 1. The number of fused-ring (bicyclic) bond motifs is 14. The Morgan fingerprint density at radius 1 is 0.966 bits per heavy atom. The number of carbonyl (C=O) groups excluding carboxylic acids is 3. The van der Waals surface area contributed by atoms with Gasteiger partial charge in [-0.2, -0.15) is 0 Å². The summed E-state index contributed by atoms with van der Waals surface area (Å²) in [6, 6.07) is 0. The number of phenolic OH excluding ortho intramolecular Hbond substituents is 3. The number of esters is 1. The third kappa shape index (κ3) is 8.70. The molecule has 0 spiro atoms. The van der Waals surface area contributed by atoms with Crippen molar-refractivity contribution in [3.8, 4) is 23.0 Å². The molecule has 0 saturated carbocycles. The molecule has 4 aliphatic heterocycles. The van der Waals surface area contributed by atoms with Gasteiger partial charge in [0.2, 0.25) is 12.4 Å². The number of allylic oxidation sites excluding steroid dienone is 2. The molecule has 318 valence electrons. The third-order valence-corrected chi connectivity index (χ3v) is 11.4. The average molecular weight is 820 g/mol. The van der Waals surface area contributed by atoms with Crippen molar-refractivity contribution < 1.29 is 63.6 Å². The molecule has 9 atom stereocenters. The van der Waals surface area contributed by atoms with Crippen LogP contribution < -0.4 is 10.1 Å². The summed E-state index contributed by atoms with van der Waals surface area (Å²) in [4.78, 5) is 42.3. The van der Waals surface area contributed by atoms with Crippen LogP contribution in [0.15, 0.2) is 66.1 Å². The van der Waals surface area contributed by atoms with Crippen molar-refractivity contribution in [1.29, 1.82) is 0 Å². The Morgan fingerprint density at radius 3 is 2.25 bits per heavy atom. The number of benzene rings is 2. The summed E-state index contributed by atoms with van der Waals surface area (Å²) < 4.78 is 25.0. The number of ether oxygens (including phenoxy) is 4. The van der Waals surface area contributed by atoms with Crippen LogP contribution in [0.2, 0.25) is 0 Å². The molecule has 59 heavy (non-hydrogen) atoms. The highest BCUT2D eigenvalue weighted by Gasteiger charge is 2.50. The van der Waals surface area contributed by atoms with Gasteiger partial charge in [-0.1, -0.05) is 50.6 Å². The minimum Gasteiger partial charge on any atom is -0.507 e. The number of rotatable bonds is 4. The summed E-state index contributed by atoms with van der Waals surface area (Å²) >= 11 is 0. The maximum Gasteiger partial charge on any atom is 0.312 e. The molecule has 5 bridgehead atoms. The molecule has 4 aliphatic rings. The van der Waals surface area contributed by atoms with Gasteiger partial charge in [0.25, 0.3) is 11.7 Å². The van der Waals surface area contributed by atoms with Crippen molar-refractivity contribution in [3.05, 3.63) is 77.6 Å². The minimum atomic E-state index is -2.05. The molecule has 6 N–H and O–H groups in total. The first kappa shape index (κ1) is 44.4. The molecule has 2 aromatic carbocycles. The van der Waals surface area contributed by atoms with E-state index in [-0.39, 0.29) is 51.0 Å². The first-order chi connectivity index (χ1) is 27.7. The summed E-state index contributed by atoms with van der Waals surface area (Å²) in [5.41, 5.74) is -0.310. The maximum absolute atomic E-state index is 14.4. The van der Waals surface area contributed by atoms with Gasteiger partial charge < -0.3 is 54.7 Å². The highest BCUT2D eigenvalue weighted by molar-refractivity contribution is 6.22. The molecule has 0 aliphatic carbocycles. The topological polar surface area (TPSA) is 220 Å². The number of amides is 1. The molecule has 16 heteroatoms. The third-order valence-electron chi connectivity index (χ3n) is 11.4. The summed E-state index contributed by atoms with van der Waals surface area (Å²) in [5, 5.41) is 65.0. The molecule has 16 nitrogen and oxygen atoms in total. The standard InChI is InChI=1S/C43H54N4O12/c1-21-12-11-13-22(2)42(55)45-33-28(20-44-47-17-15-46(9)16-18-47)37(52)30-31(38(33)53)36(51)26(6)40-32(30)41(54)43(8,59-40)57-19-14-29(56-10)23(3)39(58-27(7)48)25(5)35(50)24(4)34(21)49/h11-19,21,23-25,29,34-35,39,44,49-50H,20H2,1-10H3,(H2,45,51,52,53,54,55)/p+1/b12-11+,19-14+,22-13-/t21-,23+,24+,25+,29-,34-,35+,39+,43-/m0/s1. The van der Waals surface area contributed by atoms with Crippen LogP contribution >= 0.6 is 0 Å². The fourth-order valence-electron chi connectivity index (χ4n) is 7.63. The van der Waals surface area contributed by atoms with Crippen molar-refractivity contribution >= 4 is 34.1 Å². The van der Waals surface area contributed by atoms with E-state index in [2.05, 4.69) is 10.4 Å². The van der Waals surface area contributed by atoms with Crippen LogP contribution in [0.4, 0.5) is 5.69 Å². The predicted octanol–water partition coefficient (Wildman–Crippen LogP) is 5.61. The smallest absolute Gasteiger partial charge is 0.312 e. The van der Waals surface area contributed by atoms with Gasteiger partial charge in [-0.3, -0.25) is 14.4 Å². The van der Waals surface area contributed by atoms with Gasteiger partial charge in [-0.25, -0.2) is 0 Å². The van der Waals surface area contributed by atoms with Crippen molar-refractivity contribution in [2.24, 2.45) is 28.8 Å². The summed E-state index contributed by atoms with van der Waals surface area (Å²) in [5.74, 6) is -8.40. The lowest BCUT2D eigenvalue weighted by Gasteiger charge is -2.38. The number of methoxy groups -OCH3 is 1. The van der Waals surface area contributed by atoms with E-state index in [0.29, 0.717) is 0 Å². The first-order valence-corrected chi connectivity index (χ1v) is 19.3. The van der Waals surface area contributed by atoms with E-state index in [9.17, 15) is 39.9 Å². The summed E-state index contributed by atoms with van der Waals surface area (Å²) in [6.07, 6.45) is 10.3. The minimum absolute atomic E-state index is 0.0479. The summed E-state index contributed by atoms with van der Waals surface area (Å²) in [7, 11) is 3.25. The Labute approximate surface area is 343 Å². The highest BCUT2D eigenvalue weighted by atomic mass is 16.7. The monoisotopic (exact) mass is 819 g/mol. The highest BCUT2D eigenvalue weighted by Crippen LogP contribution is 2.55. The van der Waals surface area contributed by atoms with Crippen LogP contribution in [0.5, 0.6) is 23.0 Å². The zero-order chi connectivity index (χ0) is 43.7. The van der Waals surface area contributed by atoms with E-state index in [0.717, 1.165) is 0 Å². The van der Waals surface area contributed by atoms with E-state index in [4.69, 9.17) is 18.9 Å². The number of anilines is 1. The van der Waals surface area contributed by atoms with Crippen LogP contribution in [0, 0.1) is 30.6 Å². The van der Waals surface area contributed by atoms with Gasteiger partial charge in [0.1, 0.15) is 29.9 Å². The Morgan fingerprint density at radius 2 is 1.63 bits per heavy atom. The molecule has 6 rings (SSSR count). The number of aliphatic hydroxyl groups is 2. The van der Waals surface area contributed by atoms with Crippen LogP contribution in [0.25, 0.3) is 10.8 Å². The Bertz CT molecular complexity index is 2180. The number of azo groups is 2. The number of carbonyl (C=O) groups is 3. The number of hydrogen-bond donors (Lipinski definition) is 6. The zero-order valence-corrected chi connectivity index (χ0v) is 35.0. The molecule has 0 saturated heterocycles. The number of nitrogens with zero attached hydrogens (tertiary/aromatic N) is 3. The second kappa shape index (κ2) is 17.6. The lowest BCUT2D eigenvalue weighted by atomic mass is 9.78. The van der Waals surface area contributed by atoms with Crippen LogP contribution in [-0.2, 0) is 30.3 Å². The fraction of sp³-hybridized carbons (Fsp3) is 0.465. The van der Waals surface area contributed by atoms with E-state index in [1.807, 2.05) is 7.05 Å². The lowest BCUT2D eigenvalue weighted by Crippen LogP contribution is -2.46. The molecular weight excluding hydrogens is 764 g/mol. The number of aliphatic hydroxyl groups excluding tert-OH is 2. The molecule has 2 aromatic rings. The zero-order valence-electron chi connectivity index (χ0n) is 35.0.